The van der Waals surface area contributed by atoms with Crippen molar-refractivity contribution in [1.29, 1.82) is 0 Å². The van der Waals surface area contributed by atoms with E-state index in [1.54, 1.807) is 6.07 Å². The van der Waals surface area contributed by atoms with Crippen LogP contribution in [0.1, 0.15) is 33.1 Å². The van der Waals surface area contributed by atoms with Crippen molar-refractivity contribution in [2.75, 3.05) is 17.7 Å². The van der Waals surface area contributed by atoms with Crippen LogP contribution in [-0.2, 0) is 0 Å². The van der Waals surface area contributed by atoms with Gasteiger partial charge < -0.3 is 15.4 Å². The molecule has 3 nitrogen and oxygen atoms in total. The van der Waals surface area contributed by atoms with Gasteiger partial charge in [0, 0.05) is 25.2 Å². The zero-order valence-corrected chi connectivity index (χ0v) is 11.2. The Labute approximate surface area is 108 Å². The first-order chi connectivity index (χ1) is 8.49. The quantitative estimate of drug-likeness (QED) is 0.836. The number of nitrogen functional groups attached to an aromatic ring is 1. The van der Waals surface area contributed by atoms with Gasteiger partial charge in [-0.15, -0.1) is 0 Å². The Bertz CT molecular complexity index is 430. The number of hydrogen-bond donors (Lipinski definition) is 1. The minimum absolute atomic E-state index is 0.0509. The Hall–Kier alpha value is -1.45. The van der Waals surface area contributed by atoms with E-state index in [9.17, 15) is 4.39 Å². The fraction of sp³-hybridized carbons (Fsp3) is 0.571. The van der Waals surface area contributed by atoms with E-state index in [1.165, 1.54) is 25.3 Å². The second-order valence-electron chi connectivity index (χ2n) is 5.20. The van der Waals surface area contributed by atoms with Crippen LogP contribution in [0.4, 0.5) is 15.8 Å². The lowest BCUT2D eigenvalue weighted by Gasteiger charge is -2.37. The molecule has 0 amide bonds. The lowest BCUT2D eigenvalue weighted by Crippen LogP contribution is -2.37. The Morgan fingerprint density at radius 3 is 2.56 bits per heavy atom. The highest BCUT2D eigenvalue weighted by Gasteiger charge is 2.24. The predicted octanol–water partition coefficient (Wildman–Crippen LogP) is 3.18. The molecule has 1 aromatic carbocycles. The monoisotopic (exact) mass is 252 g/mol. The highest BCUT2D eigenvalue weighted by atomic mass is 19.1. The SMILES string of the molecule is CC(C)Oc1cc(N(C)C2CCC2)c(N)cc1F. The van der Waals surface area contributed by atoms with Crippen LogP contribution < -0.4 is 15.4 Å². The summed E-state index contributed by atoms with van der Waals surface area (Å²) in [5, 5.41) is 0. The number of rotatable bonds is 4. The molecule has 0 aromatic heterocycles. The van der Waals surface area contributed by atoms with Crippen molar-refractivity contribution in [3.63, 3.8) is 0 Å². The smallest absolute Gasteiger partial charge is 0.167 e. The molecule has 1 fully saturated rings. The second kappa shape index (κ2) is 5.04. The van der Waals surface area contributed by atoms with Gasteiger partial charge in [-0.25, -0.2) is 4.39 Å². The molecule has 0 saturated heterocycles. The molecule has 1 saturated carbocycles. The lowest BCUT2D eigenvalue weighted by molar-refractivity contribution is 0.231. The highest BCUT2D eigenvalue weighted by Crippen LogP contribution is 2.35. The van der Waals surface area contributed by atoms with Gasteiger partial charge in [0.1, 0.15) is 0 Å². The van der Waals surface area contributed by atoms with Gasteiger partial charge in [0.2, 0.25) is 0 Å². The third kappa shape index (κ3) is 2.52. The minimum Gasteiger partial charge on any atom is -0.488 e. The minimum atomic E-state index is -0.396. The largest absolute Gasteiger partial charge is 0.488 e. The molecule has 0 aliphatic heterocycles. The van der Waals surface area contributed by atoms with Gasteiger partial charge in [0.25, 0.3) is 0 Å². The van der Waals surface area contributed by atoms with Crippen molar-refractivity contribution in [1.82, 2.24) is 0 Å². The first-order valence-electron chi connectivity index (χ1n) is 6.47. The van der Waals surface area contributed by atoms with E-state index in [2.05, 4.69) is 4.90 Å². The van der Waals surface area contributed by atoms with Gasteiger partial charge in [-0.1, -0.05) is 0 Å². The molecule has 18 heavy (non-hydrogen) atoms. The summed E-state index contributed by atoms with van der Waals surface area (Å²) in [5.74, 6) is -0.118. The van der Waals surface area contributed by atoms with Gasteiger partial charge in [-0.2, -0.15) is 0 Å². The van der Waals surface area contributed by atoms with Crippen molar-refractivity contribution in [3.8, 4) is 5.75 Å². The van der Waals surface area contributed by atoms with E-state index in [0.29, 0.717) is 11.7 Å². The average molecular weight is 252 g/mol. The zero-order valence-electron chi connectivity index (χ0n) is 11.2. The van der Waals surface area contributed by atoms with Gasteiger partial charge >= 0.3 is 0 Å². The van der Waals surface area contributed by atoms with Crippen LogP contribution in [0.15, 0.2) is 12.1 Å². The number of nitrogens with zero attached hydrogens (tertiary/aromatic N) is 1. The van der Waals surface area contributed by atoms with E-state index in [-0.39, 0.29) is 11.9 Å². The Kier molecular flexibility index (Phi) is 3.64. The van der Waals surface area contributed by atoms with E-state index >= 15 is 0 Å². The number of anilines is 2. The molecule has 0 heterocycles. The summed E-state index contributed by atoms with van der Waals surface area (Å²) in [6.07, 6.45) is 3.55. The van der Waals surface area contributed by atoms with Crippen LogP contribution in [0.25, 0.3) is 0 Å². The molecule has 0 unspecified atom stereocenters. The van der Waals surface area contributed by atoms with E-state index in [0.717, 1.165) is 5.69 Å². The number of benzene rings is 1. The van der Waals surface area contributed by atoms with Gasteiger partial charge in [-0.05, 0) is 33.1 Å². The molecule has 0 bridgehead atoms. The summed E-state index contributed by atoms with van der Waals surface area (Å²) in [6.45, 7) is 3.76. The fourth-order valence-corrected chi connectivity index (χ4v) is 2.18. The number of halogens is 1. The van der Waals surface area contributed by atoms with Gasteiger partial charge in [0.05, 0.1) is 17.5 Å². The van der Waals surface area contributed by atoms with Crippen molar-refractivity contribution in [3.05, 3.63) is 17.9 Å². The Morgan fingerprint density at radius 2 is 2.06 bits per heavy atom. The molecular formula is C14H21FN2O. The maximum atomic E-state index is 13.7. The van der Waals surface area contributed by atoms with Crippen molar-refractivity contribution in [2.45, 2.75) is 45.3 Å². The Balaban J connectivity index is 2.28. The van der Waals surface area contributed by atoms with Crippen LogP contribution in [0.2, 0.25) is 0 Å². The molecule has 100 valence electrons. The van der Waals surface area contributed by atoms with Crippen LogP contribution >= 0.6 is 0 Å². The molecule has 0 spiro atoms. The predicted molar refractivity (Wildman–Crippen MR) is 72.6 cm³/mol. The molecule has 4 heteroatoms. The normalized spacial score (nSPS) is 15.6. The van der Waals surface area contributed by atoms with E-state index < -0.39 is 5.82 Å². The van der Waals surface area contributed by atoms with Crippen LogP contribution in [0, 0.1) is 5.82 Å². The number of ether oxygens (including phenoxy) is 1. The highest BCUT2D eigenvalue weighted by molar-refractivity contribution is 5.70. The van der Waals surface area contributed by atoms with Crippen LogP contribution in [-0.4, -0.2) is 19.2 Å². The second-order valence-corrected chi connectivity index (χ2v) is 5.20. The van der Waals surface area contributed by atoms with Crippen LogP contribution in [0.3, 0.4) is 0 Å². The first kappa shape index (κ1) is 13.0. The molecule has 2 rings (SSSR count). The summed E-state index contributed by atoms with van der Waals surface area (Å²) < 4.78 is 19.2. The van der Waals surface area contributed by atoms with Crippen molar-refractivity contribution >= 4 is 11.4 Å². The van der Waals surface area contributed by atoms with E-state index in [4.69, 9.17) is 10.5 Å². The third-order valence-electron chi connectivity index (χ3n) is 3.45. The molecule has 0 atom stereocenters. The summed E-state index contributed by atoms with van der Waals surface area (Å²) in [5.41, 5.74) is 7.23. The van der Waals surface area contributed by atoms with Gasteiger partial charge in [-0.3, -0.25) is 0 Å². The summed E-state index contributed by atoms with van der Waals surface area (Å²) in [4.78, 5) is 2.13. The summed E-state index contributed by atoms with van der Waals surface area (Å²) in [6, 6.07) is 3.58. The maximum absolute atomic E-state index is 13.7. The lowest BCUT2D eigenvalue weighted by atomic mass is 9.91. The molecule has 0 radical (unpaired) electrons. The van der Waals surface area contributed by atoms with E-state index in [1.807, 2.05) is 20.9 Å². The van der Waals surface area contributed by atoms with Crippen molar-refractivity contribution < 1.29 is 9.13 Å². The number of hydrogen-bond acceptors (Lipinski definition) is 3. The standard InChI is InChI=1S/C14H21FN2O/c1-9(2)18-14-8-13(12(16)7-11(14)15)17(3)10-5-4-6-10/h7-10H,4-6,16H2,1-3H3. The van der Waals surface area contributed by atoms with Gasteiger partial charge in [0.15, 0.2) is 11.6 Å². The molecule has 1 aromatic rings. The fourth-order valence-electron chi connectivity index (χ4n) is 2.18. The third-order valence-corrected chi connectivity index (χ3v) is 3.45. The summed E-state index contributed by atoms with van der Waals surface area (Å²) >= 11 is 0. The zero-order chi connectivity index (χ0) is 13.3. The molecule has 2 N–H and O–H groups in total. The van der Waals surface area contributed by atoms with Crippen molar-refractivity contribution in [2.24, 2.45) is 0 Å². The summed E-state index contributed by atoms with van der Waals surface area (Å²) in [7, 11) is 2.01. The Morgan fingerprint density at radius 1 is 1.39 bits per heavy atom. The number of nitrogens with two attached hydrogens (primary N) is 1. The first-order valence-corrected chi connectivity index (χ1v) is 6.47. The van der Waals surface area contributed by atoms with Crippen LogP contribution in [0.5, 0.6) is 5.75 Å². The maximum Gasteiger partial charge on any atom is 0.167 e. The molecule has 1 aliphatic carbocycles. The molecular weight excluding hydrogens is 231 g/mol. The topological polar surface area (TPSA) is 38.5 Å². The average Bonchev–Trinajstić information content (AvgIpc) is 2.18. The molecule has 1 aliphatic rings.